The standard InChI is InChI=1S/C20H19FN6O/c1-12-10-13(2)27-18(24-12)15(11-23-27)20(28)25-17(19-22-8-9-26(19)3)14-6-4-5-7-16(14)21/h4-11,17H,1-3H3,(H,25,28)/t17-/m1/s1. The topological polar surface area (TPSA) is 77.1 Å². The molecule has 4 aromatic rings. The van der Waals surface area contributed by atoms with Gasteiger partial charge in [0.2, 0.25) is 0 Å². The van der Waals surface area contributed by atoms with Crippen LogP contribution in [0.3, 0.4) is 0 Å². The van der Waals surface area contributed by atoms with Crippen molar-refractivity contribution in [1.29, 1.82) is 0 Å². The van der Waals surface area contributed by atoms with E-state index in [0.717, 1.165) is 11.4 Å². The lowest BCUT2D eigenvalue weighted by molar-refractivity contribution is 0.0942. The predicted molar refractivity (Wildman–Crippen MR) is 101 cm³/mol. The number of rotatable bonds is 4. The van der Waals surface area contributed by atoms with E-state index in [-0.39, 0.29) is 0 Å². The molecule has 0 aliphatic carbocycles. The van der Waals surface area contributed by atoms with Crippen molar-refractivity contribution in [2.75, 3.05) is 0 Å². The summed E-state index contributed by atoms with van der Waals surface area (Å²) in [6.45, 7) is 3.75. The van der Waals surface area contributed by atoms with Crippen LogP contribution in [0.2, 0.25) is 0 Å². The zero-order valence-corrected chi connectivity index (χ0v) is 15.7. The summed E-state index contributed by atoms with van der Waals surface area (Å²) in [6.07, 6.45) is 4.83. The first-order valence-corrected chi connectivity index (χ1v) is 8.80. The Morgan fingerprint density at radius 1 is 1.25 bits per heavy atom. The summed E-state index contributed by atoms with van der Waals surface area (Å²) >= 11 is 0. The number of hydrogen-bond donors (Lipinski definition) is 1. The van der Waals surface area contributed by atoms with Gasteiger partial charge < -0.3 is 9.88 Å². The Labute approximate surface area is 160 Å². The van der Waals surface area contributed by atoms with Crippen LogP contribution in [0.1, 0.15) is 39.2 Å². The van der Waals surface area contributed by atoms with Crippen LogP contribution < -0.4 is 5.32 Å². The number of carbonyl (C=O) groups excluding carboxylic acids is 1. The molecule has 28 heavy (non-hydrogen) atoms. The fourth-order valence-corrected chi connectivity index (χ4v) is 3.29. The normalized spacial score (nSPS) is 12.3. The van der Waals surface area contributed by atoms with Gasteiger partial charge in [-0.2, -0.15) is 5.10 Å². The third-order valence-electron chi connectivity index (χ3n) is 4.63. The molecule has 8 heteroatoms. The zero-order chi connectivity index (χ0) is 19.8. The molecule has 1 aromatic carbocycles. The molecule has 0 radical (unpaired) electrons. The van der Waals surface area contributed by atoms with Gasteiger partial charge in [0.1, 0.15) is 23.2 Å². The van der Waals surface area contributed by atoms with E-state index < -0.39 is 17.8 Å². The van der Waals surface area contributed by atoms with E-state index in [4.69, 9.17) is 0 Å². The van der Waals surface area contributed by atoms with Crippen LogP contribution in [0.5, 0.6) is 0 Å². The minimum Gasteiger partial charge on any atom is -0.338 e. The van der Waals surface area contributed by atoms with Crippen LogP contribution in [0, 0.1) is 19.7 Å². The molecular weight excluding hydrogens is 359 g/mol. The van der Waals surface area contributed by atoms with Crippen LogP contribution in [-0.4, -0.2) is 30.1 Å². The maximum atomic E-state index is 14.5. The molecule has 0 saturated heterocycles. The average Bonchev–Trinajstić information content (AvgIpc) is 3.26. The first-order valence-electron chi connectivity index (χ1n) is 8.80. The quantitative estimate of drug-likeness (QED) is 0.592. The summed E-state index contributed by atoms with van der Waals surface area (Å²) in [5, 5.41) is 7.15. The Morgan fingerprint density at radius 2 is 2.04 bits per heavy atom. The number of hydrogen-bond acceptors (Lipinski definition) is 4. The van der Waals surface area contributed by atoms with Gasteiger partial charge in [-0.05, 0) is 26.0 Å². The van der Waals surface area contributed by atoms with Gasteiger partial charge in [-0.1, -0.05) is 18.2 Å². The minimum atomic E-state index is -0.755. The maximum absolute atomic E-state index is 14.5. The van der Waals surface area contributed by atoms with Crippen molar-refractivity contribution in [2.24, 2.45) is 7.05 Å². The second kappa shape index (κ2) is 6.88. The Morgan fingerprint density at radius 3 is 2.75 bits per heavy atom. The molecule has 0 saturated carbocycles. The molecule has 1 amide bonds. The molecule has 1 atom stereocenters. The highest BCUT2D eigenvalue weighted by Gasteiger charge is 2.26. The van der Waals surface area contributed by atoms with Crippen LogP contribution in [0.4, 0.5) is 4.39 Å². The Balaban J connectivity index is 1.77. The van der Waals surface area contributed by atoms with Crippen molar-refractivity contribution < 1.29 is 9.18 Å². The smallest absolute Gasteiger partial charge is 0.257 e. The maximum Gasteiger partial charge on any atom is 0.257 e. The fraction of sp³-hybridized carbons (Fsp3) is 0.200. The summed E-state index contributed by atoms with van der Waals surface area (Å²) in [7, 11) is 1.80. The van der Waals surface area contributed by atoms with Crippen molar-refractivity contribution in [3.8, 4) is 0 Å². The Kier molecular flexibility index (Phi) is 4.38. The molecule has 3 heterocycles. The molecule has 7 nitrogen and oxygen atoms in total. The lowest BCUT2D eigenvalue weighted by Crippen LogP contribution is -2.31. The van der Waals surface area contributed by atoms with Gasteiger partial charge >= 0.3 is 0 Å². The monoisotopic (exact) mass is 378 g/mol. The van der Waals surface area contributed by atoms with Crippen LogP contribution in [-0.2, 0) is 7.05 Å². The van der Waals surface area contributed by atoms with E-state index in [0.29, 0.717) is 22.6 Å². The molecule has 0 unspecified atom stereocenters. The SMILES string of the molecule is Cc1cc(C)n2ncc(C(=O)N[C@H](c3ccccc3F)c3nccn3C)c2n1. The number of aromatic nitrogens is 5. The summed E-state index contributed by atoms with van der Waals surface area (Å²) in [6, 6.07) is 7.46. The first kappa shape index (κ1) is 17.8. The summed E-state index contributed by atoms with van der Waals surface area (Å²) in [4.78, 5) is 21.8. The number of imidazole rings is 1. The molecular formula is C20H19FN6O. The molecule has 3 aromatic heterocycles. The van der Waals surface area contributed by atoms with Gasteiger partial charge in [-0.15, -0.1) is 0 Å². The number of nitrogens with one attached hydrogen (secondary N) is 1. The zero-order valence-electron chi connectivity index (χ0n) is 15.7. The molecule has 0 fully saturated rings. The van der Waals surface area contributed by atoms with Crippen molar-refractivity contribution in [2.45, 2.75) is 19.9 Å². The van der Waals surface area contributed by atoms with Crippen molar-refractivity contribution in [3.05, 3.63) is 83.1 Å². The van der Waals surface area contributed by atoms with Gasteiger partial charge in [0.05, 0.1) is 6.20 Å². The van der Waals surface area contributed by atoms with Crippen molar-refractivity contribution in [3.63, 3.8) is 0 Å². The molecule has 142 valence electrons. The van der Waals surface area contributed by atoms with E-state index in [1.54, 1.807) is 46.7 Å². The van der Waals surface area contributed by atoms with Gasteiger partial charge in [0.15, 0.2) is 5.65 Å². The lowest BCUT2D eigenvalue weighted by atomic mass is 10.0. The number of nitrogens with zero attached hydrogens (tertiary/aromatic N) is 5. The molecule has 4 rings (SSSR count). The molecule has 1 N–H and O–H groups in total. The highest BCUT2D eigenvalue weighted by atomic mass is 19.1. The second-order valence-electron chi connectivity index (χ2n) is 6.66. The van der Waals surface area contributed by atoms with Gasteiger partial charge in [-0.3, -0.25) is 4.79 Å². The molecule has 0 bridgehead atoms. The summed E-state index contributed by atoms with van der Waals surface area (Å²) < 4.78 is 17.9. The highest BCUT2D eigenvalue weighted by molar-refractivity contribution is 6.00. The second-order valence-corrected chi connectivity index (χ2v) is 6.66. The minimum absolute atomic E-state index is 0.322. The highest BCUT2D eigenvalue weighted by Crippen LogP contribution is 2.24. The largest absolute Gasteiger partial charge is 0.338 e. The van der Waals surface area contributed by atoms with Crippen molar-refractivity contribution in [1.82, 2.24) is 29.5 Å². The summed E-state index contributed by atoms with van der Waals surface area (Å²) in [5.74, 6) is -0.292. The van der Waals surface area contributed by atoms with Gasteiger partial charge in [0.25, 0.3) is 5.91 Å². The number of fused-ring (bicyclic) bond motifs is 1. The number of carbonyl (C=O) groups is 1. The number of aryl methyl sites for hydroxylation is 3. The predicted octanol–water partition coefficient (Wildman–Crippen LogP) is 2.74. The third-order valence-corrected chi connectivity index (χ3v) is 4.63. The van der Waals surface area contributed by atoms with Crippen LogP contribution in [0.15, 0.2) is 48.9 Å². The van der Waals surface area contributed by atoms with E-state index in [9.17, 15) is 9.18 Å². The molecule has 0 spiro atoms. The summed E-state index contributed by atoms with van der Waals surface area (Å²) in [5.41, 5.74) is 2.78. The Bertz CT molecular complexity index is 1180. The van der Waals surface area contributed by atoms with Crippen LogP contribution >= 0.6 is 0 Å². The van der Waals surface area contributed by atoms with E-state index in [1.807, 2.05) is 19.9 Å². The first-order chi connectivity index (χ1) is 13.5. The molecule has 0 aliphatic heterocycles. The molecule has 0 aliphatic rings. The average molecular weight is 378 g/mol. The number of halogens is 1. The Hall–Kier alpha value is -3.55. The lowest BCUT2D eigenvalue weighted by Gasteiger charge is -2.19. The number of benzene rings is 1. The fourth-order valence-electron chi connectivity index (χ4n) is 3.29. The van der Waals surface area contributed by atoms with E-state index >= 15 is 0 Å². The number of amides is 1. The van der Waals surface area contributed by atoms with E-state index in [2.05, 4.69) is 20.4 Å². The van der Waals surface area contributed by atoms with Gasteiger partial charge in [0, 0.05) is 36.4 Å². The third kappa shape index (κ3) is 3.02. The van der Waals surface area contributed by atoms with Crippen molar-refractivity contribution >= 4 is 11.6 Å². The van der Waals surface area contributed by atoms with E-state index in [1.165, 1.54) is 12.3 Å². The van der Waals surface area contributed by atoms with Crippen LogP contribution in [0.25, 0.3) is 5.65 Å². The van der Waals surface area contributed by atoms with Gasteiger partial charge in [-0.25, -0.2) is 18.9 Å².